The molecule has 3 nitrogen and oxygen atoms in total. The molecule has 2 aromatic rings. The summed E-state index contributed by atoms with van der Waals surface area (Å²) >= 11 is 0. The van der Waals surface area contributed by atoms with E-state index in [4.69, 9.17) is 4.42 Å². The lowest BCUT2D eigenvalue weighted by Gasteiger charge is -2.02. The third-order valence-electron chi connectivity index (χ3n) is 2.50. The topological polar surface area (TPSA) is 35.1 Å². The summed E-state index contributed by atoms with van der Waals surface area (Å²) < 4.78 is 7.02. The second-order valence-corrected chi connectivity index (χ2v) is 3.07. The zero-order valence-corrected chi connectivity index (χ0v) is 6.00. The van der Waals surface area contributed by atoms with Crippen LogP contribution < -0.4 is 5.63 Å². The average Bonchev–Trinajstić information content (AvgIpc) is 2.71. The van der Waals surface area contributed by atoms with Crippen molar-refractivity contribution < 1.29 is 4.42 Å². The highest BCUT2D eigenvalue weighted by molar-refractivity contribution is 6.18. The molecule has 0 atom stereocenters. The zero-order chi connectivity index (χ0) is 7.87. The highest BCUT2D eigenvalue weighted by atomic mass is 16.4. The molecule has 4 rings (SSSR count). The van der Waals surface area contributed by atoms with Gasteiger partial charge in [0.2, 0.25) is 0 Å². The van der Waals surface area contributed by atoms with Crippen molar-refractivity contribution in [1.29, 1.82) is 0 Å². The van der Waals surface area contributed by atoms with Crippen LogP contribution in [0.5, 0.6) is 0 Å². The summed E-state index contributed by atoms with van der Waals surface area (Å²) in [6.07, 6.45) is 0. The van der Waals surface area contributed by atoms with Gasteiger partial charge in [0.15, 0.2) is 5.52 Å². The number of hydrogen-bond acceptors (Lipinski definition) is 2. The molecule has 3 heteroatoms. The van der Waals surface area contributed by atoms with Crippen molar-refractivity contribution in [2.45, 2.75) is 0 Å². The maximum atomic E-state index is 11.2. The third-order valence-corrected chi connectivity index (χ3v) is 2.50. The van der Waals surface area contributed by atoms with Gasteiger partial charge < -0.3 is 4.42 Å². The summed E-state index contributed by atoms with van der Waals surface area (Å²) in [5.41, 5.74) is 3.44. The highest BCUT2D eigenvalue weighted by Gasteiger charge is 2.35. The van der Waals surface area contributed by atoms with Gasteiger partial charge in [-0.05, 0) is 12.1 Å². The first-order valence-electron chi connectivity index (χ1n) is 3.78. The van der Waals surface area contributed by atoms with Gasteiger partial charge >= 0.3 is 5.63 Å². The van der Waals surface area contributed by atoms with Crippen molar-refractivity contribution in [3.63, 3.8) is 0 Å². The van der Waals surface area contributed by atoms with E-state index in [9.17, 15) is 4.79 Å². The lowest BCUT2D eigenvalue weighted by atomic mass is 10.2. The second-order valence-electron chi connectivity index (χ2n) is 3.07. The van der Waals surface area contributed by atoms with E-state index in [1.807, 2.05) is 22.8 Å². The SMILES string of the molecule is O=c1oc2cccc3c2c2c1n3-2. The van der Waals surface area contributed by atoms with Gasteiger partial charge in [-0.3, -0.25) is 4.57 Å². The summed E-state index contributed by atoms with van der Waals surface area (Å²) in [7, 11) is 0. The number of nitrogens with zero attached hydrogens (tertiary/aromatic N) is 1. The first-order valence-corrected chi connectivity index (χ1v) is 3.78. The molecule has 2 aliphatic heterocycles. The van der Waals surface area contributed by atoms with Gasteiger partial charge in [0, 0.05) is 0 Å². The lowest BCUT2D eigenvalue weighted by Crippen LogP contribution is -1.91. The number of aromatic nitrogens is 1. The van der Waals surface area contributed by atoms with Crippen molar-refractivity contribution >= 4 is 22.0 Å². The number of fused-ring (bicyclic) bond motifs is 2. The van der Waals surface area contributed by atoms with Crippen LogP contribution in [0.25, 0.3) is 27.7 Å². The molecular formula is C9H3NO2. The first kappa shape index (κ1) is 4.98. The molecular weight excluding hydrogens is 154 g/mol. The van der Waals surface area contributed by atoms with Crippen LogP contribution in [0.2, 0.25) is 0 Å². The summed E-state index contributed by atoms with van der Waals surface area (Å²) in [5, 5.41) is 1.12. The summed E-state index contributed by atoms with van der Waals surface area (Å²) in [5.74, 6) is 0. The van der Waals surface area contributed by atoms with Gasteiger partial charge in [0.25, 0.3) is 0 Å². The van der Waals surface area contributed by atoms with Crippen LogP contribution in [0.15, 0.2) is 27.4 Å². The summed E-state index contributed by atoms with van der Waals surface area (Å²) in [4.78, 5) is 11.2. The standard InChI is InChI=1S/C9H3NO2/c11-9-8-7-6-4(10(7)8)2-1-3-5(6)12-9/h1-3H. The molecule has 0 N–H and O–H groups in total. The molecule has 0 saturated carbocycles. The van der Waals surface area contributed by atoms with Gasteiger partial charge in [-0.2, -0.15) is 0 Å². The number of rotatable bonds is 0. The van der Waals surface area contributed by atoms with Crippen molar-refractivity contribution in [3.05, 3.63) is 28.6 Å². The Hall–Kier alpha value is -1.77. The van der Waals surface area contributed by atoms with E-state index in [1.165, 1.54) is 0 Å². The Morgan fingerprint density at radius 3 is 3.17 bits per heavy atom. The zero-order valence-electron chi connectivity index (χ0n) is 6.00. The molecule has 0 saturated heterocycles. The molecule has 0 amide bonds. The minimum atomic E-state index is -0.210. The molecule has 1 aromatic carbocycles. The quantitative estimate of drug-likeness (QED) is 0.362. The maximum Gasteiger partial charge on any atom is 0.362 e. The van der Waals surface area contributed by atoms with E-state index >= 15 is 0 Å². The highest BCUT2D eigenvalue weighted by Crippen LogP contribution is 2.46. The van der Waals surface area contributed by atoms with Gasteiger partial charge in [-0.25, -0.2) is 4.79 Å². The van der Waals surface area contributed by atoms with Crippen LogP contribution >= 0.6 is 0 Å². The van der Waals surface area contributed by atoms with Crippen LogP contribution in [-0.2, 0) is 0 Å². The van der Waals surface area contributed by atoms with E-state index in [0.717, 1.165) is 22.1 Å². The molecule has 0 unspecified atom stereocenters. The fourth-order valence-corrected chi connectivity index (χ4v) is 1.95. The predicted molar refractivity (Wildman–Crippen MR) is 44.1 cm³/mol. The molecule has 0 aliphatic carbocycles. The van der Waals surface area contributed by atoms with Crippen LogP contribution in [0.1, 0.15) is 0 Å². The Labute approximate surface area is 66.2 Å². The molecule has 0 fully saturated rings. The molecule has 0 radical (unpaired) electrons. The van der Waals surface area contributed by atoms with Crippen molar-refractivity contribution in [2.24, 2.45) is 0 Å². The van der Waals surface area contributed by atoms with Gasteiger partial charge in [-0.1, -0.05) is 6.07 Å². The largest absolute Gasteiger partial charge is 0.421 e. The van der Waals surface area contributed by atoms with Crippen molar-refractivity contribution in [2.75, 3.05) is 0 Å². The van der Waals surface area contributed by atoms with Gasteiger partial charge in [0.1, 0.15) is 5.58 Å². The molecule has 3 heterocycles. The fraction of sp³-hybridized carbons (Fsp3) is 0. The summed E-state index contributed by atoms with van der Waals surface area (Å²) in [6.45, 7) is 0. The Kier molecular flexibility index (Phi) is 0.481. The minimum absolute atomic E-state index is 0.210. The Morgan fingerprint density at radius 1 is 1.33 bits per heavy atom. The number of benzene rings is 1. The number of hydrogen-bond donors (Lipinski definition) is 0. The van der Waals surface area contributed by atoms with Crippen molar-refractivity contribution in [1.82, 2.24) is 4.57 Å². The van der Waals surface area contributed by atoms with Gasteiger partial charge in [0.05, 0.1) is 16.6 Å². The molecule has 0 bridgehead atoms. The first-order chi connectivity index (χ1) is 5.88. The van der Waals surface area contributed by atoms with E-state index in [1.54, 1.807) is 0 Å². The normalized spacial score (nSPS) is 13.3. The van der Waals surface area contributed by atoms with E-state index in [2.05, 4.69) is 0 Å². The fourth-order valence-electron chi connectivity index (χ4n) is 1.95. The predicted octanol–water partition coefficient (Wildman–Crippen LogP) is 1.49. The smallest absolute Gasteiger partial charge is 0.362 e. The van der Waals surface area contributed by atoms with Crippen LogP contribution in [0.3, 0.4) is 0 Å². The van der Waals surface area contributed by atoms with Crippen LogP contribution in [0, 0.1) is 0 Å². The maximum absolute atomic E-state index is 11.2. The molecule has 1 aromatic heterocycles. The van der Waals surface area contributed by atoms with Crippen LogP contribution in [0.4, 0.5) is 0 Å². The van der Waals surface area contributed by atoms with Gasteiger partial charge in [-0.15, -0.1) is 0 Å². The molecule has 0 spiro atoms. The third kappa shape index (κ3) is 0.294. The molecule has 12 heavy (non-hydrogen) atoms. The monoisotopic (exact) mass is 157 g/mol. The Morgan fingerprint density at radius 2 is 2.25 bits per heavy atom. The summed E-state index contributed by atoms with van der Waals surface area (Å²) in [6, 6.07) is 5.73. The van der Waals surface area contributed by atoms with Crippen molar-refractivity contribution in [3.8, 4) is 5.69 Å². The average molecular weight is 157 g/mol. The molecule has 56 valence electrons. The lowest BCUT2D eigenvalue weighted by molar-refractivity contribution is 0.571. The molecule has 2 aliphatic rings. The second kappa shape index (κ2) is 1.16. The van der Waals surface area contributed by atoms with E-state index < -0.39 is 0 Å². The minimum Gasteiger partial charge on any atom is -0.421 e. The van der Waals surface area contributed by atoms with Crippen LogP contribution in [-0.4, -0.2) is 4.57 Å². The van der Waals surface area contributed by atoms with E-state index in [-0.39, 0.29) is 5.63 Å². The van der Waals surface area contributed by atoms with E-state index in [0.29, 0.717) is 5.58 Å². The Balaban J connectivity index is 2.63. The Bertz CT molecular complexity index is 666.